The smallest absolute Gasteiger partial charge is 0.251 e. The first-order chi connectivity index (χ1) is 11.5. The predicted molar refractivity (Wildman–Crippen MR) is 100.0 cm³/mol. The van der Waals surface area contributed by atoms with Crippen molar-refractivity contribution in [3.63, 3.8) is 0 Å². The largest absolute Gasteiger partial charge is 0.395 e. The highest BCUT2D eigenvalue weighted by Gasteiger charge is 2.28. The SMILES string of the molecule is C=CC1=C(/C=C\C)c2ccc(C(=O)NCCC(C)C)cc2C1CO. The van der Waals surface area contributed by atoms with Gasteiger partial charge in [0.25, 0.3) is 5.91 Å². The number of rotatable bonds is 7. The fourth-order valence-electron chi connectivity index (χ4n) is 3.13. The van der Waals surface area contributed by atoms with Gasteiger partial charge in [-0.15, -0.1) is 0 Å². The summed E-state index contributed by atoms with van der Waals surface area (Å²) in [7, 11) is 0. The fourth-order valence-corrected chi connectivity index (χ4v) is 3.13. The van der Waals surface area contributed by atoms with Crippen molar-refractivity contribution in [1.82, 2.24) is 5.32 Å². The van der Waals surface area contributed by atoms with Gasteiger partial charge in [-0.25, -0.2) is 0 Å². The lowest BCUT2D eigenvalue weighted by atomic mass is 9.95. The van der Waals surface area contributed by atoms with Gasteiger partial charge < -0.3 is 10.4 Å². The van der Waals surface area contributed by atoms with Crippen LogP contribution in [0.1, 0.15) is 54.6 Å². The number of aliphatic hydroxyl groups excluding tert-OH is 1. The summed E-state index contributed by atoms with van der Waals surface area (Å²) in [6.07, 6.45) is 6.78. The minimum absolute atomic E-state index is 0.00777. The van der Waals surface area contributed by atoms with Crippen LogP contribution in [0.3, 0.4) is 0 Å². The van der Waals surface area contributed by atoms with E-state index < -0.39 is 0 Å². The zero-order chi connectivity index (χ0) is 17.7. The van der Waals surface area contributed by atoms with Crippen molar-refractivity contribution < 1.29 is 9.90 Å². The molecule has 0 saturated heterocycles. The summed E-state index contributed by atoms with van der Waals surface area (Å²) < 4.78 is 0. The molecule has 3 heteroatoms. The van der Waals surface area contributed by atoms with Gasteiger partial charge in [-0.3, -0.25) is 4.79 Å². The molecule has 1 aromatic carbocycles. The molecule has 1 atom stereocenters. The average Bonchev–Trinajstić information content (AvgIpc) is 2.86. The highest BCUT2D eigenvalue weighted by atomic mass is 16.3. The molecular weight excluding hydrogens is 298 g/mol. The Balaban J connectivity index is 2.30. The van der Waals surface area contributed by atoms with Crippen molar-refractivity contribution in [2.24, 2.45) is 5.92 Å². The van der Waals surface area contributed by atoms with Crippen molar-refractivity contribution >= 4 is 11.5 Å². The molecule has 1 aliphatic carbocycles. The van der Waals surface area contributed by atoms with Crippen LogP contribution in [-0.4, -0.2) is 24.2 Å². The molecule has 0 aromatic heterocycles. The molecule has 3 nitrogen and oxygen atoms in total. The van der Waals surface area contributed by atoms with Crippen LogP contribution in [0.4, 0.5) is 0 Å². The second-order valence-corrected chi connectivity index (χ2v) is 6.55. The Kier molecular flexibility index (Phi) is 6.16. The molecule has 0 saturated carbocycles. The van der Waals surface area contributed by atoms with Crippen LogP contribution < -0.4 is 5.32 Å². The molecule has 1 amide bonds. The van der Waals surface area contributed by atoms with Crippen molar-refractivity contribution in [2.45, 2.75) is 33.1 Å². The van der Waals surface area contributed by atoms with E-state index in [-0.39, 0.29) is 18.4 Å². The van der Waals surface area contributed by atoms with Gasteiger partial charge in [-0.05, 0) is 53.7 Å². The summed E-state index contributed by atoms with van der Waals surface area (Å²) in [6, 6.07) is 5.73. The Morgan fingerprint density at radius 1 is 1.42 bits per heavy atom. The maximum absolute atomic E-state index is 12.4. The van der Waals surface area contributed by atoms with E-state index in [9.17, 15) is 9.90 Å². The minimum atomic E-state index is -0.118. The molecule has 0 bridgehead atoms. The molecule has 1 unspecified atom stereocenters. The molecule has 0 spiro atoms. The zero-order valence-electron chi connectivity index (χ0n) is 14.8. The molecule has 0 aliphatic heterocycles. The van der Waals surface area contributed by atoms with Crippen LogP contribution in [-0.2, 0) is 0 Å². The average molecular weight is 325 g/mol. The molecule has 2 rings (SSSR count). The number of amides is 1. The van der Waals surface area contributed by atoms with E-state index in [2.05, 4.69) is 25.7 Å². The maximum atomic E-state index is 12.4. The molecule has 24 heavy (non-hydrogen) atoms. The van der Waals surface area contributed by atoms with Crippen LogP contribution in [0.25, 0.3) is 5.57 Å². The first kappa shape index (κ1) is 18.2. The Morgan fingerprint density at radius 2 is 2.17 bits per heavy atom. The number of carbonyl (C=O) groups excluding carboxylic acids is 1. The summed E-state index contributed by atoms with van der Waals surface area (Å²) in [4.78, 5) is 12.4. The minimum Gasteiger partial charge on any atom is -0.395 e. The third-order valence-corrected chi connectivity index (χ3v) is 4.41. The maximum Gasteiger partial charge on any atom is 0.251 e. The van der Waals surface area contributed by atoms with E-state index in [1.54, 1.807) is 6.08 Å². The molecule has 0 fully saturated rings. The lowest BCUT2D eigenvalue weighted by molar-refractivity contribution is 0.0952. The highest BCUT2D eigenvalue weighted by molar-refractivity contribution is 5.96. The lowest BCUT2D eigenvalue weighted by Crippen LogP contribution is -2.25. The summed E-state index contributed by atoms with van der Waals surface area (Å²) in [5.41, 5.74) is 4.80. The normalized spacial score (nSPS) is 16.8. The molecule has 0 radical (unpaired) electrons. The topological polar surface area (TPSA) is 49.3 Å². The van der Waals surface area contributed by atoms with E-state index in [4.69, 9.17) is 0 Å². The number of benzene rings is 1. The Bertz CT molecular complexity index is 683. The van der Waals surface area contributed by atoms with Gasteiger partial charge in [0.2, 0.25) is 0 Å². The van der Waals surface area contributed by atoms with Crippen molar-refractivity contribution in [3.05, 3.63) is 65.3 Å². The van der Waals surface area contributed by atoms with Gasteiger partial charge in [-0.1, -0.05) is 44.7 Å². The van der Waals surface area contributed by atoms with Gasteiger partial charge in [0.15, 0.2) is 0 Å². The number of hydrogen-bond donors (Lipinski definition) is 2. The Labute approximate surface area is 144 Å². The van der Waals surface area contributed by atoms with Crippen LogP contribution >= 0.6 is 0 Å². The van der Waals surface area contributed by atoms with E-state index in [1.165, 1.54) is 0 Å². The third kappa shape index (κ3) is 3.68. The second-order valence-electron chi connectivity index (χ2n) is 6.55. The van der Waals surface area contributed by atoms with E-state index in [0.717, 1.165) is 28.7 Å². The van der Waals surface area contributed by atoms with Gasteiger partial charge in [-0.2, -0.15) is 0 Å². The van der Waals surface area contributed by atoms with E-state index >= 15 is 0 Å². The van der Waals surface area contributed by atoms with Gasteiger partial charge >= 0.3 is 0 Å². The Morgan fingerprint density at radius 3 is 2.75 bits per heavy atom. The van der Waals surface area contributed by atoms with Crippen molar-refractivity contribution in [3.8, 4) is 0 Å². The summed E-state index contributed by atoms with van der Waals surface area (Å²) in [6.45, 7) is 10.8. The highest BCUT2D eigenvalue weighted by Crippen LogP contribution is 2.43. The lowest BCUT2D eigenvalue weighted by Gasteiger charge is -2.13. The number of aliphatic hydroxyl groups is 1. The van der Waals surface area contributed by atoms with Crippen LogP contribution in [0.5, 0.6) is 0 Å². The summed E-state index contributed by atoms with van der Waals surface area (Å²) in [5.74, 6) is 0.383. The summed E-state index contributed by atoms with van der Waals surface area (Å²) in [5, 5.41) is 12.8. The summed E-state index contributed by atoms with van der Waals surface area (Å²) >= 11 is 0. The number of carbonyl (C=O) groups is 1. The monoisotopic (exact) mass is 325 g/mol. The molecule has 1 aromatic rings. The van der Waals surface area contributed by atoms with Gasteiger partial charge in [0.1, 0.15) is 0 Å². The third-order valence-electron chi connectivity index (χ3n) is 4.41. The van der Waals surface area contributed by atoms with Crippen molar-refractivity contribution in [1.29, 1.82) is 0 Å². The molecule has 1 aliphatic rings. The molecule has 128 valence electrons. The Hall–Kier alpha value is -2.13. The van der Waals surface area contributed by atoms with E-state index in [0.29, 0.717) is 18.0 Å². The quantitative estimate of drug-likeness (QED) is 0.794. The molecular formula is C21H27NO2. The first-order valence-electron chi connectivity index (χ1n) is 8.56. The van der Waals surface area contributed by atoms with Crippen LogP contribution in [0.15, 0.2) is 48.6 Å². The van der Waals surface area contributed by atoms with Gasteiger partial charge in [0, 0.05) is 18.0 Å². The standard InChI is InChI=1S/C21H27NO2/c1-5-7-17-16(6-2)20(13-23)19-12-15(8-9-18(17)19)21(24)22-11-10-14(3)4/h5-9,12,14,20,23H,2,10-11,13H2,1,3-4H3,(H,22,24)/b7-5-. The number of nitrogens with one attached hydrogen (secondary N) is 1. The molecule has 0 heterocycles. The second kappa shape index (κ2) is 8.11. The van der Waals surface area contributed by atoms with Gasteiger partial charge in [0.05, 0.1) is 6.61 Å². The number of allylic oxidation sites excluding steroid dienone is 4. The zero-order valence-corrected chi connectivity index (χ0v) is 14.8. The van der Waals surface area contributed by atoms with Crippen LogP contribution in [0.2, 0.25) is 0 Å². The van der Waals surface area contributed by atoms with Crippen molar-refractivity contribution in [2.75, 3.05) is 13.2 Å². The number of fused-ring (bicyclic) bond motifs is 1. The van der Waals surface area contributed by atoms with Crippen LogP contribution in [0, 0.1) is 5.92 Å². The number of hydrogen-bond acceptors (Lipinski definition) is 2. The predicted octanol–water partition coefficient (Wildman–Crippen LogP) is 4.07. The fraction of sp³-hybridized carbons (Fsp3) is 0.381. The van der Waals surface area contributed by atoms with E-state index in [1.807, 2.05) is 37.3 Å². The first-order valence-corrected chi connectivity index (χ1v) is 8.56. The molecule has 2 N–H and O–H groups in total.